The molecule has 0 N–H and O–H groups in total. The average Bonchev–Trinajstić information content (AvgIpc) is 2.48. The van der Waals surface area contributed by atoms with Gasteiger partial charge in [-0.3, -0.25) is 4.90 Å². The minimum absolute atomic E-state index is 0.463. The lowest BCUT2D eigenvalue weighted by Crippen LogP contribution is -2.39. The molecule has 3 atom stereocenters. The van der Waals surface area contributed by atoms with Crippen LogP contribution in [0.3, 0.4) is 0 Å². The molecule has 1 heteroatoms. The zero-order chi connectivity index (χ0) is 9.15. The number of fused-ring (bicyclic) bond motifs is 1. The first-order chi connectivity index (χ1) is 5.34. The molecule has 1 aliphatic heterocycles. The minimum Gasteiger partial charge on any atom is -0.299 e. The molecule has 0 amide bonds. The second-order valence-corrected chi connectivity index (χ2v) is 6.13. The fourth-order valence-corrected chi connectivity index (χ4v) is 2.96. The Hall–Kier alpha value is -0.0400. The topological polar surface area (TPSA) is 3.24 Å². The van der Waals surface area contributed by atoms with Crippen LogP contribution < -0.4 is 0 Å². The predicted octanol–water partition coefficient (Wildman–Crippen LogP) is 2.52. The molecule has 0 aromatic rings. The molecule has 0 aromatic carbocycles. The van der Waals surface area contributed by atoms with E-state index in [2.05, 4.69) is 39.6 Å². The summed E-state index contributed by atoms with van der Waals surface area (Å²) in [5.74, 6) is 0. The van der Waals surface area contributed by atoms with Gasteiger partial charge in [-0.05, 0) is 30.7 Å². The van der Waals surface area contributed by atoms with Crippen molar-refractivity contribution >= 4 is 0 Å². The largest absolute Gasteiger partial charge is 0.299 e. The van der Waals surface area contributed by atoms with Gasteiger partial charge in [-0.25, -0.2) is 0 Å². The molecule has 1 saturated carbocycles. The summed E-state index contributed by atoms with van der Waals surface area (Å²) in [5.41, 5.74) is 1.15. The van der Waals surface area contributed by atoms with Crippen LogP contribution in [0, 0.1) is 10.8 Å². The lowest BCUT2D eigenvalue weighted by Gasteiger charge is -2.35. The van der Waals surface area contributed by atoms with Crippen molar-refractivity contribution in [2.24, 2.45) is 10.8 Å². The number of rotatable bonds is 0. The lowest BCUT2D eigenvalue weighted by molar-refractivity contribution is 0.142. The van der Waals surface area contributed by atoms with Gasteiger partial charge in [-0.15, -0.1) is 0 Å². The quantitative estimate of drug-likeness (QED) is 0.536. The van der Waals surface area contributed by atoms with E-state index in [9.17, 15) is 0 Å². The fraction of sp³-hybridized carbons (Fsp3) is 1.00. The Kier molecular flexibility index (Phi) is 1.47. The Morgan fingerprint density at radius 1 is 1.25 bits per heavy atom. The molecule has 2 aliphatic rings. The van der Waals surface area contributed by atoms with Crippen molar-refractivity contribution < 1.29 is 0 Å². The smallest absolute Gasteiger partial charge is 0.0156 e. The summed E-state index contributed by atoms with van der Waals surface area (Å²) in [4.78, 5) is 2.61. The van der Waals surface area contributed by atoms with E-state index >= 15 is 0 Å². The Balaban J connectivity index is 2.13. The average molecular weight is 167 g/mol. The van der Waals surface area contributed by atoms with Crippen molar-refractivity contribution in [3.8, 4) is 0 Å². The summed E-state index contributed by atoms with van der Waals surface area (Å²) in [6, 6.07) is 1.71. The number of hydrogen-bond acceptors (Lipinski definition) is 1. The SMILES string of the molecule is CN1C2CC2(C)C[C@H]1C(C)(C)C. The van der Waals surface area contributed by atoms with Gasteiger partial charge in [0, 0.05) is 12.1 Å². The zero-order valence-corrected chi connectivity index (χ0v) is 9.02. The van der Waals surface area contributed by atoms with Gasteiger partial charge < -0.3 is 0 Å². The molecule has 1 saturated heterocycles. The Morgan fingerprint density at radius 2 is 1.83 bits per heavy atom. The molecular weight excluding hydrogens is 146 g/mol. The van der Waals surface area contributed by atoms with E-state index in [0.29, 0.717) is 10.8 Å². The highest BCUT2D eigenvalue weighted by atomic mass is 15.3. The van der Waals surface area contributed by atoms with Crippen molar-refractivity contribution in [2.75, 3.05) is 7.05 Å². The third kappa shape index (κ3) is 1.02. The van der Waals surface area contributed by atoms with E-state index in [1.807, 2.05) is 0 Å². The van der Waals surface area contributed by atoms with Crippen LogP contribution in [0.25, 0.3) is 0 Å². The van der Waals surface area contributed by atoms with Crippen LogP contribution >= 0.6 is 0 Å². The molecule has 70 valence electrons. The Morgan fingerprint density at radius 3 is 2.08 bits per heavy atom. The Labute approximate surface area is 76.1 Å². The van der Waals surface area contributed by atoms with Gasteiger partial charge in [0.25, 0.3) is 0 Å². The maximum absolute atomic E-state index is 2.61. The molecule has 0 spiro atoms. The van der Waals surface area contributed by atoms with Gasteiger partial charge >= 0.3 is 0 Å². The number of nitrogens with zero attached hydrogens (tertiary/aromatic N) is 1. The van der Waals surface area contributed by atoms with Gasteiger partial charge in [-0.2, -0.15) is 0 Å². The van der Waals surface area contributed by atoms with Crippen molar-refractivity contribution in [1.82, 2.24) is 4.90 Å². The standard InChI is InChI=1S/C11H21N/c1-10(2,3)8-6-11(4)7-9(11)12(8)5/h8-9H,6-7H2,1-5H3/t8-,9?,11?/m0/s1. The summed E-state index contributed by atoms with van der Waals surface area (Å²) >= 11 is 0. The highest BCUT2D eigenvalue weighted by molar-refractivity contribution is 5.15. The normalized spacial score (nSPS) is 47.8. The summed E-state index contributed by atoms with van der Waals surface area (Å²) < 4.78 is 0. The van der Waals surface area contributed by atoms with Crippen LogP contribution in [0.2, 0.25) is 0 Å². The molecule has 2 unspecified atom stereocenters. The first kappa shape index (κ1) is 8.55. The molecule has 1 aliphatic carbocycles. The van der Waals surface area contributed by atoms with Crippen molar-refractivity contribution in [2.45, 2.75) is 52.6 Å². The van der Waals surface area contributed by atoms with Crippen LogP contribution in [-0.4, -0.2) is 24.0 Å². The van der Waals surface area contributed by atoms with Crippen LogP contribution in [0.4, 0.5) is 0 Å². The van der Waals surface area contributed by atoms with Gasteiger partial charge in [0.2, 0.25) is 0 Å². The van der Waals surface area contributed by atoms with E-state index in [1.165, 1.54) is 12.8 Å². The monoisotopic (exact) mass is 167 g/mol. The molecule has 0 bridgehead atoms. The number of hydrogen-bond donors (Lipinski definition) is 0. The van der Waals surface area contributed by atoms with Crippen molar-refractivity contribution in [3.05, 3.63) is 0 Å². The van der Waals surface area contributed by atoms with Gasteiger partial charge in [-0.1, -0.05) is 27.7 Å². The highest BCUT2D eigenvalue weighted by Gasteiger charge is 2.61. The fourth-order valence-electron chi connectivity index (χ4n) is 2.96. The van der Waals surface area contributed by atoms with E-state index in [0.717, 1.165) is 12.1 Å². The van der Waals surface area contributed by atoms with Crippen molar-refractivity contribution in [3.63, 3.8) is 0 Å². The summed E-state index contributed by atoms with van der Waals surface area (Å²) in [5, 5.41) is 0. The minimum atomic E-state index is 0.463. The van der Waals surface area contributed by atoms with E-state index < -0.39 is 0 Å². The Bertz CT molecular complexity index is 204. The molecule has 12 heavy (non-hydrogen) atoms. The molecule has 2 fully saturated rings. The third-order valence-electron chi connectivity index (χ3n) is 3.95. The number of piperidine rings is 1. The van der Waals surface area contributed by atoms with Gasteiger partial charge in [0.05, 0.1) is 0 Å². The van der Waals surface area contributed by atoms with Crippen LogP contribution in [0.15, 0.2) is 0 Å². The van der Waals surface area contributed by atoms with E-state index in [4.69, 9.17) is 0 Å². The third-order valence-corrected chi connectivity index (χ3v) is 3.95. The van der Waals surface area contributed by atoms with E-state index in [-0.39, 0.29) is 0 Å². The first-order valence-corrected chi connectivity index (χ1v) is 5.06. The molecule has 1 nitrogen and oxygen atoms in total. The molecule has 1 heterocycles. The number of likely N-dealkylation sites (tertiary alicyclic amines) is 1. The maximum atomic E-state index is 2.61. The summed E-state index contributed by atoms with van der Waals surface area (Å²) in [6.45, 7) is 9.53. The van der Waals surface area contributed by atoms with Crippen LogP contribution in [0.5, 0.6) is 0 Å². The molecular formula is C11H21N. The van der Waals surface area contributed by atoms with Crippen LogP contribution in [0.1, 0.15) is 40.5 Å². The highest BCUT2D eigenvalue weighted by Crippen LogP contribution is 2.60. The van der Waals surface area contributed by atoms with E-state index in [1.54, 1.807) is 0 Å². The second kappa shape index (κ2) is 2.06. The molecule has 0 aromatic heterocycles. The zero-order valence-electron chi connectivity index (χ0n) is 9.02. The lowest BCUT2D eigenvalue weighted by atomic mass is 9.82. The van der Waals surface area contributed by atoms with Crippen LogP contribution in [-0.2, 0) is 0 Å². The van der Waals surface area contributed by atoms with Crippen molar-refractivity contribution in [1.29, 1.82) is 0 Å². The van der Waals surface area contributed by atoms with Gasteiger partial charge in [0.15, 0.2) is 0 Å². The predicted molar refractivity (Wildman–Crippen MR) is 52.1 cm³/mol. The maximum Gasteiger partial charge on any atom is 0.0156 e. The summed E-state index contributed by atoms with van der Waals surface area (Å²) in [7, 11) is 2.30. The molecule has 2 rings (SSSR count). The first-order valence-electron chi connectivity index (χ1n) is 5.06. The molecule has 0 radical (unpaired) electrons. The second-order valence-electron chi connectivity index (χ2n) is 6.13. The van der Waals surface area contributed by atoms with Gasteiger partial charge in [0.1, 0.15) is 0 Å². The summed E-state index contributed by atoms with van der Waals surface area (Å²) in [6.07, 6.45) is 2.85.